The number of benzene rings is 1. The van der Waals surface area contributed by atoms with Gasteiger partial charge in [0.15, 0.2) is 0 Å². The minimum atomic E-state index is -3.58. The molecule has 0 bridgehead atoms. The van der Waals surface area contributed by atoms with Crippen molar-refractivity contribution < 1.29 is 13.2 Å². The zero-order valence-corrected chi connectivity index (χ0v) is 14.5. The molecule has 0 saturated carbocycles. The number of primary amides is 1. The Kier molecular flexibility index (Phi) is 5.78. The average Bonchev–Trinajstić information content (AvgIpc) is 2.53. The molecular weight excluding hydrogens is 314 g/mol. The van der Waals surface area contributed by atoms with Crippen LogP contribution in [0.2, 0.25) is 0 Å². The second kappa shape index (κ2) is 7.42. The Morgan fingerprint density at radius 3 is 2.57 bits per heavy atom. The van der Waals surface area contributed by atoms with Crippen LogP contribution in [-0.4, -0.2) is 44.4 Å². The van der Waals surface area contributed by atoms with Gasteiger partial charge in [-0.2, -0.15) is 0 Å². The van der Waals surface area contributed by atoms with E-state index >= 15 is 0 Å². The van der Waals surface area contributed by atoms with E-state index in [1.807, 2.05) is 6.92 Å². The minimum absolute atomic E-state index is 0.140. The molecule has 2 atom stereocenters. The molecule has 2 rings (SSSR count). The molecule has 3 N–H and O–H groups in total. The van der Waals surface area contributed by atoms with Crippen molar-refractivity contribution in [2.24, 2.45) is 5.73 Å². The van der Waals surface area contributed by atoms with Crippen molar-refractivity contribution in [1.29, 1.82) is 0 Å². The van der Waals surface area contributed by atoms with Gasteiger partial charge in [0, 0.05) is 24.2 Å². The molecule has 1 aliphatic heterocycles. The van der Waals surface area contributed by atoms with E-state index in [0.717, 1.165) is 19.4 Å². The van der Waals surface area contributed by atoms with Crippen LogP contribution in [0.15, 0.2) is 29.2 Å². The van der Waals surface area contributed by atoms with Crippen LogP contribution in [0.1, 0.15) is 43.5 Å². The molecule has 7 heteroatoms. The first-order chi connectivity index (χ1) is 10.8. The molecule has 0 aliphatic carbocycles. The summed E-state index contributed by atoms with van der Waals surface area (Å²) in [5, 5.41) is 0. The van der Waals surface area contributed by atoms with Gasteiger partial charge in [0.05, 0.1) is 4.90 Å². The van der Waals surface area contributed by atoms with Crippen LogP contribution in [0.25, 0.3) is 0 Å². The number of nitrogens with zero attached hydrogens (tertiary/aromatic N) is 1. The summed E-state index contributed by atoms with van der Waals surface area (Å²) in [6, 6.07) is 6.27. The molecule has 0 unspecified atom stereocenters. The van der Waals surface area contributed by atoms with E-state index in [9.17, 15) is 13.2 Å². The highest BCUT2D eigenvalue weighted by Crippen LogP contribution is 2.19. The average molecular weight is 339 g/mol. The van der Waals surface area contributed by atoms with Crippen molar-refractivity contribution >= 4 is 15.9 Å². The number of nitrogens with two attached hydrogens (primary N) is 1. The van der Waals surface area contributed by atoms with Gasteiger partial charge in [-0.1, -0.05) is 6.42 Å². The maximum absolute atomic E-state index is 12.3. The quantitative estimate of drug-likeness (QED) is 0.818. The molecule has 0 radical (unpaired) electrons. The normalized spacial score (nSPS) is 21.0. The summed E-state index contributed by atoms with van der Waals surface area (Å²) in [5.41, 5.74) is 5.45. The molecule has 0 spiro atoms. The lowest BCUT2D eigenvalue weighted by Gasteiger charge is -2.38. The number of piperidine rings is 1. The fourth-order valence-electron chi connectivity index (χ4n) is 3.00. The lowest BCUT2D eigenvalue weighted by molar-refractivity contribution is 0.1000. The van der Waals surface area contributed by atoms with Gasteiger partial charge in [0.1, 0.15) is 0 Å². The zero-order valence-electron chi connectivity index (χ0n) is 13.7. The smallest absolute Gasteiger partial charge is 0.248 e. The standard InChI is InChI=1S/C16H25N3O3S/c1-12-5-3-4-10-19(12)13(2)11-18-23(21,22)15-8-6-14(7-9-15)16(17)20/h6-9,12-13,18H,3-5,10-11H2,1-2H3,(H2,17,20)/t12-,13-/m1/s1. The van der Waals surface area contributed by atoms with Gasteiger partial charge in [-0.25, -0.2) is 13.1 Å². The predicted molar refractivity (Wildman–Crippen MR) is 89.6 cm³/mol. The van der Waals surface area contributed by atoms with E-state index in [2.05, 4.69) is 16.5 Å². The third-order valence-corrected chi connectivity index (χ3v) is 5.88. The summed E-state index contributed by atoms with van der Waals surface area (Å²) >= 11 is 0. The fraction of sp³-hybridized carbons (Fsp3) is 0.562. The van der Waals surface area contributed by atoms with E-state index in [-0.39, 0.29) is 10.9 Å². The molecule has 23 heavy (non-hydrogen) atoms. The van der Waals surface area contributed by atoms with Crippen LogP contribution >= 0.6 is 0 Å². The van der Waals surface area contributed by atoms with Gasteiger partial charge in [-0.15, -0.1) is 0 Å². The largest absolute Gasteiger partial charge is 0.366 e. The maximum Gasteiger partial charge on any atom is 0.248 e. The van der Waals surface area contributed by atoms with Crippen LogP contribution in [-0.2, 0) is 10.0 Å². The first-order valence-corrected chi connectivity index (χ1v) is 9.45. The van der Waals surface area contributed by atoms with E-state index in [4.69, 9.17) is 5.73 Å². The van der Waals surface area contributed by atoms with Crippen molar-refractivity contribution in [3.63, 3.8) is 0 Å². The second-order valence-corrected chi connectivity index (χ2v) is 7.94. The number of hydrogen-bond acceptors (Lipinski definition) is 4. The Hall–Kier alpha value is -1.44. The number of hydrogen-bond donors (Lipinski definition) is 2. The molecule has 1 heterocycles. The topological polar surface area (TPSA) is 92.5 Å². The Morgan fingerprint density at radius 2 is 2.00 bits per heavy atom. The van der Waals surface area contributed by atoms with Crippen molar-refractivity contribution in [3.8, 4) is 0 Å². The highest BCUT2D eigenvalue weighted by atomic mass is 32.2. The molecule has 1 amide bonds. The van der Waals surface area contributed by atoms with Gasteiger partial charge in [-0.3, -0.25) is 9.69 Å². The van der Waals surface area contributed by atoms with Crippen molar-refractivity contribution in [2.45, 2.75) is 50.1 Å². The van der Waals surface area contributed by atoms with Crippen molar-refractivity contribution in [1.82, 2.24) is 9.62 Å². The molecule has 0 aromatic heterocycles. The Bertz CT molecular complexity index is 643. The third-order valence-electron chi connectivity index (χ3n) is 4.44. The van der Waals surface area contributed by atoms with Crippen LogP contribution in [0.4, 0.5) is 0 Å². The lowest BCUT2D eigenvalue weighted by atomic mass is 10.0. The lowest BCUT2D eigenvalue weighted by Crippen LogP contribution is -2.48. The van der Waals surface area contributed by atoms with Crippen LogP contribution < -0.4 is 10.5 Å². The molecule has 1 aromatic carbocycles. The number of sulfonamides is 1. The molecule has 6 nitrogen and oxygen atoms in total. The molecule has 128 valence electrons. The Labute approximate surface area is 138 Å². The summed E-state index contributed by atoms with van der Waals surface area (Å²) in [4.78, 5) is 13.5. The van der Waals surface area contributed by atoms with Gasteiger partial charge in [-0.05, 0) is 57.5 Å². The SMILES string of the molecule is C[C@@H]1CCCCN1[C@H](C)CNS(=O)(=O)c1ccc(C(N)=O)cc1. The van der Waals surface area contributed by atoms with Gasteiger partial charge in [0.2, 0.25) is 15.9 Å². The fourth-order valence-corrected chi connectivity index (χ4v) is 4.13. The van der Waals surface area contributed by atoms with Gasteiger partial charge < -0.3 is 5.73 Å². The minimum Gasteiger partial charge on any atom is -0.366 e. The van der Waals surface area contributed by atoms with Crippen LogP contribution in [0.5, 0.6) is 0 Å². The van der Waals surface area contributed by atoms with Crippen LogP contribution in [0.3, 0.4) is 0 Å². The number of rotatable bonds is 6. The summed E-state index contributed by atoms with van der Waals surface area (Å²) in [6.45, 7) is 5.61. The molecule has 1 aliphatic rings. The molecule has 1 aromatic rings. The summed E-state index contributed by atoms with van der Waals surface area (Å²) in [7, 11) is -3.58. The number of amides is 1. The van der Waals surface area contributed by atoms with Crippen LogP contribution in [0, 0.1) is 0 Å². The maximum atomic E-state index is 12.3. The van der Waals surface area contributed by atoms with Gasteiger partial charge >= 0.3 is 0 Å². The highest BCUT2D eigenvalue weighted by molar-refractivity contribution is 7.89. The zero-order chi connectivity index (χ0) is 17.0. The number of nitrogens with one attached hydrogen (secondary N) is 1. The number of carbonyl (C=O) groups is 1. The summed E-state index contributed by atoms with van der Waals surface area (Å²) in [5.74, 6) is -0.574. The van der Waals surface area contributed by atoms with Crippen molar-refractivity contribution in [2.75, 3.05) is 13.1 Å². The molecule has 1 saturated heterocycles. The highest BCUT2D eigenvalue weighted by Gasteiger charge is 2.24. The molecular formula is C16H25N3O3S. The number of likely N-dealkylation sites (tertiary alicyclic amines) is 1. The Balaban J connectivity index is 1.99. The number of carbonyl (C=O) groups excluding carboxylic acids is 1. The first kappa shape index (κ1) is 17.9. The first-order valence-electron chi connectivity index (χ1n) is 7.96. The van der Waals surface area contributed by atoms with Crippen molar-refractivity contribution in [3.05, 3.63) is 29.8 Å². The van der Waals surface area contributed by atoms with E-state index in [1.165, 1.54) is 30.7 Å². The third kappa shape index (κ3) is 4.53. The predicted octanol–water partition coefficient (Wildman–Crippen LogP) is 1.33. The second-order valence-electron chi connectivity index (χ2n) is 6.17. The van der Waals surface area contributed by atoms with E-state index in [1.54, 1.807) is 0 Å². The monoisotopic (exact) mass is 339 g/mol. The van der Waals surface area contributed by atoms with E-state index in [0.29, 0.717) is 18.2 Å². The summed E-state index contributed by atoms with van der Waals surface area (Å²) < 4.78 is 27.3. The van der Waals surface area contributed by atoms with Gasteiger partial charge in [0.25, 0.3) is 0 Å². The van der Waals surface area contributed by atoms with E-state index < -0.39 is 15.9 Å². The Morgan fingerprint density at radius 1 is 1.35 bits per heavy atom. The summed E-state index contributed by atoms with van der Waals surface area (Å²) in [6.07, 6.45) is 3.56. The molecule has 1 fully saturated rings.